The summed E-state index contributed by atoms with van der Waals surface area (Å²) in [5.41, 5.74) is 34.5. The van der Waals surface area contributed by atoms with Crippen molar-refractivity contribution in [3.05, 3.63) is 570 Å². The molecule has 0 radical (unpaired) electrons. The topological polar surface area (TPSA) is 0 Å². The van der Waals surface area contributed by atoms with Crippen LogP contribution in [0.2, 0.25) is 0 Å². The SMILES string of the molecule is c1ccc(-c2cc(-c3ccccc3)c(-c3c4ccccc4c(-c4ccc5ccccc5c4)c4ccccc34)c(-c3ccccc3)c2)cc1.c1ccc(-c2cc(-c3ccccc3)c(-c3c4ccccc4c(-c4ccc5ccccc5c4)c4ccccc34)c(-c3ccccc3)c2-c2ccccc2)cc1.c1ccc2cc(-c3ccc(-c4c5ccccc5c(-c5ccc6ccccc6c5)c5ccccc45)cc3)ccc2c1. The second-order valence-electron chi connectivity index (χ2n) is 37.0. The molecule has 0 saturated carbocycles. The van der Waals surface area contributed by atoms with Gasteiger partial charge >= 0.3 is 0 Å². The zero-order valence-electron chi connectivity index (χ0n) is 78.3. The van der Waals surface area contributed by atoms with Crippen LogP contribution in [-0.2, 0) is 0 Å². The van der Waals surface area contributed by atoms with Crippen molar-refractivity contribution >= 4 is 108 Å². The molecule has 0 aromatic heterocycles. The van der Waals surface area contributed by atoms with Crippen molar-refractivity contribution in [1.29, 1.82) is 0 Å². The fraction of sp³-hybridized carbons (Fsp3) is 0. The van der Waals surface area contributed by atoms with Crippen LogP contribution in [0.25, 0.3) is 264 Å². The van der Waals surface area contributed by atoms with Gasteiger partial charge in [-0.2, -0.15) is 0 Å². The highest BCUT2D eigenvalue weighted by molar-refractivity contribution is 6.28. The van der Waals surface area contributed by atoms with E-state index in [1.54, 1.807) is 0 Å². The molecule has 0 aliphatic heterocycles. The second-order valence-corrected chi connectivity index (χ2v) is 37.0. The van der Waals surface area contributed by atoms with Crippen LogP contribution in [0.4, 0.5) is 0 Å². The monoisotopic (exact) mass is 1800 g/mol. The first-order chi connectivity index (χ1) is 70.5. The molecule has 0 N–H and O–H groups in total. The third-order valence-electron chi connectivity index (χ3n) is 28.7. The summed E-state index contributed by atoms with van der Waals surface area (Å²) in [7, 11) is 0. The minimum atomic E-state index is 1.19. The molecule has 27 aromatic rings. The Kier molecular flexibility index (Phi) is 22.5. The van der Waals surface area contributed by atoms with Gasteiger partial charge in [0.25, 0.3) is 0 Å². The van der Waals surface area contributed by atoms with Crippen LogP contribution in [0, 0.1) is 0 Å². The molecular formula is C142H94. The van der Waals surface area contributed by atoms with Gasteiger partial charge in [-0.1, -0.05) is 528 Å². The molecule has 0 atom stereocenters. The van der Waals surface area contributed by atoms with Crippen LogP contribution in [0.1, 0.15) is 0 Å². The van der Waals surface area contributed by atoms with Gasteiger partial charge in [-0.05, 0) is 306 Å². The molecule has 0 heteroatoms. The van der Waals surface area contributed by atoms with Crippen LogP contribution in [0.3, 0.4) is 0 Å². The van der Waals surface area contributed by atoms with Gasteiger partial charge in [-0.3, -0.25) is 0 Å². The molecular weight excluding hydrogens is 1710 g/mol. The van der Waals surface area contributed by atoms with Crippen molar-refractivity contribution in [3.8, 4) is 156 Å². The lowest BCUT2D eigenvalue weighted by Gasteiger charge is -2.27. The van der Waals surface area contributed by atoms with Crippen LogP contribution in [0.15, 0.2) is 570 Å². The molecule has 0 bridgehead atoms. The Labute approximate surface area is 827 Å². The summed E-state index contributed by atoms with van der Waals surface area (Å²) in [5.74, 6) is 0. The van der Waals surface area contributed by atoms with E-state index >= 15 is 0 Å². The number of hydrogen-bond acceptors (Lipinski definition) is 0. The highest BCUT2D eigenvalue weighted by atomic mass is 14.3. The van der Waals surface area contributed by atoms with Gasteiger partial charge in [-0.25, -0.2) is 0 Å². The molecule has 662 valence electrons. The average Bonchev–Trinajstić information content (AvgIpc) is 0.712. The van der Waals surface area contributed by atoms with E-state index in [1.165, 1.54) is 264 Å². The predicted octanol–water partition coefficient (Wildman–Crippen LogP) is 39.9. The molecule has 0 aliphatic carbocycles. The van der Waals surface area contributed by atoms with E-state index in [0.717, 1.165) is 0 Å². The normalized spacial score (nSPS) is 11.4. The first kappa shape index (κ1) is 85.2. The quantitative estimate of drug-likeness (QED) is 0.0952. The Morgan fingerprint density at radius 1 is 0.0704 bits per heavy atom. The highest BCUT2D eigenvalue weighted by Crippen LogP contribution is 2.57. The standard InChI is InChI=1S/C54H36.C48H32.C40H26/c1-5-20-38(21-6-1)48-36-49(39-22-7-2-8-23-39)54(52(41-26-11-4-12-27-41)51(48)40-24-9-3-10-25-40)53-46-31-17-15-29-44(46)50(45-30-16-18-32-47(45)53)43-34-33-37-19-13-14-28-42(37)35-43;1-4-16-33(17-5-1)39-31-44(35-19-6-2-7-20-35)48(45(32-39)36-21-8-3-9-22-36)47-42-26-14-12-24-40(42)46(41-25-13-15-27-43(41)47)38-29-28-34-18-10-11-23-37(34)30-38;1-3-11-31-25-33(23-19-27(31)9-1)29-17-21-30(22-18-29)39-35-13-5-7-15-37(35)40(38-16-8-6-14-36(38)39)34-24-20-28-10-2-4-12-32(28)26-34/h1-36H;1-32H;1-26H. The van der Waals surface area contributed by atoms with Crippen molar-refractivity contribution in [3.63, 3.8) is 0 Å². The van der Waals surface area contributed by atoms with Crippen LogP contribution in [-0.4, -0.2) is 0 Å². The molecule has 0 aliphatic rings. The highest BCUT2D eigenvalue weighted by Gasteiger charge is 2.30. The van der Waals surface area contributed by atoms with Gasteiger partial charge in [0.15, 0.2) is 0 Å². The lowest BCUT2D eigenvalue weighted by molar-refractivity contribution is 1.54. The zero-order valence-corrected chi connectivity index (χ0v) is 78.3. The Morgan fingerprint density at radius 3 is 0.556 bits per heavy atom. The van der Waals surface area contributed by atoms with Crippen LogP contribution < -0.4 is 0 Å². The Bertz CT molecular complexity index is 9230. The maximum Gasteiger partial charge on any atom is -0.000764 e. The molecule has 27 rings (SSSR count). The Hall–Kier alpha value is -18.5. The molecule has 27 aromatic carbocycles. The third kappa shape index (κ3) is 15.9. The summed E-state index contributed by atoms with van der Waals surface area (Å²) >= 11 is 0. The fourth-order valence-corrected chi connectivity index (χ4v) is 22.2. The number of benzene rings is 27. The third-order valence-corrected chi connectivity index (χ3v) is 28.7. The summed E-state index contributed by atoms with van der Waals surface area (Å²) in [6.45, 7) is 0. The maximum atomic E-state index is 2.45. The summed E-state index contributed by atoms with van der Waals surface area (Å²) < 4.78 is 0. The smallest absolute Gasteiger partial charge is 0.000764 e. The van der Waals surface area contributed by atoms with E-state index in [1.807, 2.05) is 0 Å². The number of hydrogen-bond donors (Lipinski definition) is 0. The lowest BCUT2D eigenvalue weighted by Crippen LogP contribution is -2.00. The fourth-order valence-electron chi connectivity index (χ4n) is 22.2. The number of fused-ring (bicyclic) bond motifs is 10. The minimum absolute atomic E-state index is 1.19. The Balaban J connectivity index is 0.000000113. The van der Waals surface area contributed by atoms with E-state index in [4.69, 9.17) is 0 Å². The summed E-state index contributed by atoms with van der Waals surface area (Å²) in [6.07, 6.45) is 0. The molecule has 142 heavy (non-hydrogen) atoms. The molecule has 0 spiro atoms. The molecule has 0 heterocycles. The van der Waals surface area contributed by atoms with E-state index in [0.29, 0.717) is 0 Å². The van der Waals surface area contributed by atoms with Gasteiger partial charge in [0.1, 0.15) is 0 Å². The van der Waals surface area contributed by atoms with Crippen molar-refractivity contribution in [2.75, 3.05) is 0 Å². The first-order valence-electron chi connectivity index (χ1n) is 49.2. The van der Waals surface area contributed by atoms with Gasteiger partial charge in [0.2, 0.25) is 0 Å². The van der Waals surface area contributed by atoms with Crippen molar-refractivity contribution in [2.24, 2.45) is 0 Å². The summed E-state index contributed by atoms with van der Waals surface area (Å²) in [4.78, 5) is 0. The van der Waals surface area contributed by atoms with E-state index in [-0.39, 0.29) is 0 Å². The number of rotatable bonds is 14. The van der Waals surface area contributed by atoms with Gasteiger partial charge in [-0.15, -0.1) is 0 Å². The molecule has 0 amide bonds. The van der Waals surface area contributed by atoms with Crippen molar-refractivity contribution in [2.45, 2.75) is 0 Å². The summed E-state index contributed by atoms with van der Waals surface area (Å²) in [6, 6.07) is 208. The zero-order chi connectivity index (χ0) is 94.2. The average molecular weight is 1800 g/mol. The molecule has 0 saturated heterocycles. The first-order valence-corrected chi connectivity index (χ1v) is 49.2. The van der Waals surface area contributed by atoms with Gasteiger partial charge < -0.3 is 0 Å². The van der Waals surface area contributed by atoms with E-state index < -0.39 is 0 Å². The largest absolute Gasteiger partial charge is 0.0622 e. The van der Waals surface area contributed by atoms with E-state index in [2.05, 4.69) is 570 Å². The van der Waals surface area contributed by atoms with Crippen LogP contribution >= 0.6 is 0 Å². The van der Waals surface area contributed by atoms with Crippen LogP contribution in [0.5, 0.6) is 0 Å². The summed E-state index contributed by atoms with van der Waals surface area (Å²) in [5, 5.41) is 25.2. The minimum Gasteiger partial charge on any atom is -0.0622 e. The Morgan fingerprint density at radius 2 is 0.254 bits per heavy atom. The molecule has 0 unspecified atom stereocenters. The van der Waals surface area contributed by atoms with Gasteiger partial charge in [0.05, 0.1) is 0 Å². The van der Waals surface area contributed by atoms with Crippen molar-refractivity contribution < 1.29 is 0 Å². The molecule has 0 nitrogen and oxygen atoms in total. The molecule has 0 fully saturated rings. The second kappa shape index (κ2) is 37.6. The predicted molar refractivity (Wildman–Crippen MR) is 610 cm³/mol. The lowest BCUT2D eigenvalue weighted by atomic mass is 9.76. The maximum absolute atomic E-state index is 2.45. The van der Waals surface area contributed by atoms with Gasteiger partial charge in [0, 0.05) is 0 Å². The van der Waals surface area contributed by atoms with Crippen molar-refractivity contribution in [1.82, 2.24) is 0 Å². The van der Waals surface area contributed by atoms with E-state index in [9.17, 15) is 0 Å².